The first-order chi connectivity index (χ1) is 6.29. The Balaban J connectivity index is 1.90. The molecule has 3 saturated carbocycles. The maximum Gasteiger partial charge on any atom is 0.314 e. The fraction of sp³-hybridized carbons (Fsp3) is 0.900. The number of fused-ring (bicyclic) bond motifs is 3. The second-order valence-electron chi connectivity index (χ2n) is 4.35. The Bertz CT molecular complexity index is 197. The molecule has 0 saturated heterocycles. The highest BCUT2D eigenvalue weighted by atomic mass is 16.2. The SMILES string of the molecule is CNC(=O)NC1CC2CCC1CC2. The van der Waals surface area contributed by atoms with Gasteiger partial charge in [-0.2, -0.15) is 0 Å². The summed E-state index contributed by atoms with van der Waals surface area (Å²) in [7, 11) is 1.68. The zero-order chi connectivity index (χ0) is 9.26. The van der Waals surface area contributed by atoms with Crippen LogP contribution in [0.4, 0.5) is 4.79 Å². The number of carbonyl (C=O) groups is 1. The highest BCUT2D eigenvalue weighted by Crippen LogP contribution is 2.41. The largest absolute Gasteiger partial charge is 0.341 e. The molecule has 2 N–H and O–H groups in total. The fourth-order valence-corrected chi connectivity index (χ4v) is 2.80. The van der Waals surface area contributed by atoms with Crippen LogP contribution in [0.25, 0.3) is 0 Å². The highest BCUT2D eigenvalue weighted by Gasteiger charge is 2.35. The molecule has 3 aliphatic rings. The molecule has 0 aliphatic heterocycles. The summed E-state index contributed by atoms with van der Waals surface area (Å²) < 4.78 is 0. The number of rotatable bonds is 1. The van der Waals surface area contributed by atoms with Crippen LogP contribution in [0.5, 0.6) is 0 Å². The van der Waals surface area contributed by atoms with Gasteiger partial charge >= 0.3 is 6.03 Å². The number of hydrogen-bond donors (Lipinski definition) is 2. The van der Waals surface area contributed by atoms with Gasteiger partial charge in [0, 0.05) is 13.1 Å². The molecular formula is C10H18N2O. The van der Waals surface area contributed by atoms with Crippen molar-refractivity contribution < 1.29 is 4.79 Å². The lowest BCUT2D eigenvalue weighted by molar-refractivity contribution is 0.127. The fourth-order valence-electron chi connectivity index (χ4n) is 2.80. The van der Waals surface area contributed by atoms with E-state index in [-0.39, 0.29) is 6.03 Å². The number of hydrogen-bond acceptors (Lipinski definition) is 1. The predicted molar refractivity (Wildman–Crippen MR) is 51.4 cm³/mol. The van der Waals surface area contributed by atoms with Crippen LogP contribution in [-0.2, 0) is 0 Å². The van der Waals surface area contributed by atoms with Gasteiger partial charge in [0.1, 0.15) is 0 Å². The van der Waals surface area contributed by atoms with Crippen LogP contribution in [0.1, 0.15) is 32.1 Å². The third kappa shape index (κ3) is 1.79. The van der Waals surface area contributed by atoms with Crippen LogP contribution < -0.4 is 10.6 Å². The van der Waals surface area contributed by atoms with Crippen LogP contribution >= 0.6 is 0 Å². The van der Waals surface area contributed by atoms with E-state index >= 15 is 0 Å². The molecule has 2 bridgehead atoms. The molecule has 0 radical (unpaired) electrons. The van der Waals surface area contributed by atoms with E-state index in [2.05, 4.69) is 10.6 Å². The lowest BCUT2D eigenvalue weighted by Gasteiger charge is -2.42. The predicted octanol–water partition coefficient (Wildman–Crippen LogP) is 1.49. The molecule has 1 unspecified atom stereocenters. The van der Waals surface area contributed by atoms with E-state index in [0.29, 0.717) is 6.04 Å². The van der Waals surface area contributed by atoms with Gasteiger partial charge < -0.3 is 10.6 Å². The number of carbonyl (C=O) groups excluding carboxylic acids is 1. The van der Waals surface area contributed by atoms with Crippen molar-refractivity contribution in [2.75, 3.05) is 7.05 Å². The molecule has 3 aliphatic carbocycles. The van der Waals surface area contributed by atoms with Gasteiger partial charge in [0.05, 0.1) is 0 Å². The molecule has 3 heteroatoms. The van der Waals surface area contributed by atoms with E-state index in [0.717, 1.165) is 11.8 Å². The van der Waals surface area contributed by atoms with Gasteiger partial charge in [0.2, 0.25) is 0 Å². The first-order valence-corrected chi connectivity index (χ1v) is 5.28. The van der Waals surface area contributed by atoms with Crippen LogP contribution in [0.3, 0.4) is 0 Å². The molecule has 3 fully saturated rings. The van der Waals surface area contributed by atoms with Crippen molar-refractivity contribution in [3.63, 3.8) is 0 Å². The minimum Gasteiger partial charge on any atom is -0.341 e. The minimum absolute atomic E-state index is 0.0162. The van der Waals surface area contributed by atoms with Crippen molar-refractivity contribution in [1.29, 1.82) is 0 Å². The Labute approximate surface area is 79.3 Å². The molecule has 0 spiro atoms. The molecule has 2 amide bonds. The summed E-state index contributed by atoms with van der Waals surface area (Å²) >= 11 is 0. The van der Waals surface area contributed by atoms with Crippen molar-refractivity contribution in [2.24, 2.45) is 11.8 Å². The average molecular weight is 182 g/mol. The van der Waals surface area contributed by atoms with Gasteiger partial charge in [-0.1, -0.05) is 12.8 Å². The molecule has 13 heavy (non-hydrogen) atoms. The average Bonchev–Trinajstić information content (AvgIpc) is 2.19. The molecule has 0 heterocycles. The van der Waals surface area contributed by atoms with E-state index in [1.54, 1.807) is 7.05 Å². The highest BCUT2D eigenvalue weighted by molar-refractivity contribution is 5.73. The summed E-state index contributed by atoms with van der Waals surface area (Å²) in [4.78, 5) is 11.1. The van der Waals surface area contributed by atoms with Gasteiger partial charge in [-0.3, -0.25) is 0 Å². The number of amides is 2. The van der Waals surface area contributed by atoms with Crippen molar-refractivity contribution in [3.8, 4) is 0 Å². The molecule has 3 nitrogen and oxygen atoms in total. The molecule has 0 aromatic heterocycles. The summed E-state index contributed by atoms with van der Waals surface area (Å²) in [5.74, 6) is 1.63. The summed E-state index contributed by atoms with van der Waals surface area (Å²) in [6.07, 6.45) is 6.62. The molecule has 0 aromatic carbocycles. The van der Waals surface area contributed by atoms with Crippen molar-refractivity contribution >= 4 is 6.03 Å². The maximum absolute atomic E-state index is 11.1. The maximum atomic E-state index is 11.1. The first-order valence-electron chi connectivity index (χ1n) is 5.28. The summed E-state index contributed by atoms with van der Waals surface area (Å²) in [6.45, 7) is 0. The summed E-state index contributed by atoms with van der Waals surface area (Å²) in [5, 5.41) is 5.67. The van der Waals surface area contributed by atoms with Gasteiger partial charge in [-0.25, -0.2) is 4.79 Å². The Morgan fingerprint density at radius 1 is 1.23 bits per heavy atom. The number of urea groups is 1. The molecular weight excluding hydrogens is 164 g/mol. The summed E-state index contributed by atoms with van der Waals surface area (Å²) in [5.41, 5.74) is 0. The van der Waals surface area contributed by atoms with E-state index in [1.807, 2.05) is 0 Å². The molecule has 74 valence electrons. The summed E-state index contributed by atoms with van der Waals surface area (Å²) in [6, 6.07) is 0.435. The zero-order valence-electron chi connectivity index (χ0n) is 8.18. The van der Waals surface area contributed by atoms with Crippen LogP contribution in [-0.4, -0.2) is 19.1 Å². The van der Waals surface area contributed by atoms with Gasteiger partial charge in [0.15, 0.2) is 0 Å². The lowest BCUT2D eigenvalue weighted by Crippen LogP contribution is -2.49. The molecule has 0 aromatic rings. The Morgan fingerprint density at radius 2 is 1.92 bits per heavy atom. The van der Waals surface area contributed by atoms with Crippen LogP contribution in [0.2, 0.25) is 0 Å². The number of nitrogens with one attached hydrogen (secondary N) is 2. The Morgan fingerprint density at radius 3 is 2.38 bits per heavy atom. The normalized spacial score (nSPS) is 37.2. The van der Waals surface area contributed by atoms with E-state index in [9.17, 15) is 4.79 Å². The monoisotopic (exact) mass is 182 g/mol. The van der Waals surface area contributed by atoms with Crippen LogP contribution in [0.15, 0.2) is 0 Å². The molecule has 1 atom stereocenters. The van der Waals surface area contributed by atoms with E-state index in [1.165, 1.54) is 32.1 Å². The second kappa shape index (κ2) is 3.56. The van der Waals surface area contributed by atoms with Crippen LogP contribution in [0, 0.1) is 11.8 Å². The zero-order valence-corrected chi connectivity index (χ0v) is 8.18. The first kappa shape index (κ1) is 8.85. The van der Waals surface area contributed by atoms with E-state index < -0.39 is 0 Å². The third-order valence-corrected chi connectivity index (χ3v) is 3.59. The van der Waals surface area contributed by atoms with Crippen molar-refractivity contribution in [2.45, 2.75) is 38.1 Å². The quantitative estimate of drug-likeness (QED) is 0.634. The third-order valence-electron chi connectivity index (χ3n) is 3.59. The van der Waals surface area contributed by atoms with Gasteiger partial charge in [-0.15, -0.1) is 0 Å². The topological polar surface area (TPSA) is 41.1 Å². The van der Waals surface area contributed by atoms with E-state index in [4.69, 9.17) is 0 Å². The van der Waals surface area contributed by atoms with Gasteiger partial charge in [-0.05, 0) is 31.1 Å². The Hall–Kier alpha value is -0.730. The second-order valence-corrected chi connectivity index (χ2v) is 4.35. The smallest absolute Gasteiger partial charge is 0.314 e. The van der Waals surface area contributed by atoms with Gasteiger partial charge in [0.25, 0.3) is 0 Å². The minimum atomic E-state index is -0.0162. The lowest BCUT2D eigenvalue weighted by atomic mass is 9.68. The van der Waals surface area contributed by atoms with Crippen molar-refractivity contribution in [3.05, 3.63) is 0 Å². The standard InChI is InChI=1S/C10H18N2O/c1-11-10(13)12-9-6-7-2-4-8(9)5-3-7/h7-9H,2-6H2,1H3,(H2,11,12,13). The Kier molecular flexibility index (Phi) is 2.42. The van der Waals surface area contributed by atoms with Crippen molar-refractivity contribution in [1.82, 2.24) is 10.6 Å². The molecule has 3 rings (SSSR count).